The van der Waals surface area contributed by atoms with Crippen LogP contribution in [0, 0.1) is 18.7 Å². The summed E-state index contributed by atoms with van der Waals surface area (Å²) < 4.78 is 35.3. The summed E-state index contributed by atoms with van der Waals surface area (Å²) in [5.74, 6) is -1.51. The van der Waals surface area contributed by atoms with E-state index in [4.69, 9.17) is 4.74 Å². The van der Waals surface area contributed by atoms with E-state index >= 15 is 0 Å². The molecule has 0 radical (unpaired) electrons. The number of benzene rings is 2. The molecule has 0 aliphatic carbocycles. The Morgan fingerprint density at radius 3 is 2.60 bits per heavy atom. The summed E-state index contributed by atoms with van der Waals surface area (Å²) >= 11 is 1.53. The Labute approximate surface area is 246 Å². The number of nitrogens with one attached hydrogen (secondary N) is 1. The first-order valence-electron chi connectivity index (χ1n) is 14.0. The van der Waals surface area contributed by atoms with E-state index in [9.17, 15) is 23.2 Å². The maximum atomic E-state index is 15.0. The van der Waals surface area contributed by atoms with E-state index in [0.717, 1.165) is 31.5 Å². The number of aryl methyl sites for hydroxylation is 1. The molecule has 3 aromatic rings. The van der Waals surface area contributed by atoms with Crippen molar-refractivity contribution < 1.29 is 27.9 Å². The zero-order valence-electron chi connectivity index (χ0n) is 23.1. The average molecular weight is 593 g/mol. The maximum absolute atomic E-state index is 15.0. The minimum atomic E-state index is -0.724. The Morgan fingerprint density at radius 1 is 1.05 bits per heavy atom. The monoisotopic (exact) mass is 592 g/mol. The summed E-state index contributed by atoms with van der Waals surface area (Å²) in [6.07, 6.45) is 2.11. The quantitative estimate of drug-likeness (QED) is 0.312. The molecule has 1 N–H and O–H groups in total. The number of carbonyl (C=O) groups excluding carboxylic acids is 3. The third-order valence-electron chi connectivity index (χ3n) is 8.00. The van der Waals surface area contributed by atoms with Crippen molar-refractivity contribution in [3.05, 3.63) is 82.5 Å². The molecule has 1 atom stereocenters. The van der Waals surface area contributed by atoms with Crippen molar-refractivity contribution in [1.29, 1.82) is 0 Å². The highest BCUT2D eigenvalue weighted by molar-refractivity contribution is 7.99. The number of ether oxygens (including phenoxy) is 1. The average Bonchev–Trinajstić information content (AvgIpc) is 3.30. The van der Waals surface area contributed by atoms with Crippen molar-refractivity contribution in [2.45, 2.75) is 62.1 Å². The van der Waals surface area contributed by atoms with Gasteiger partial charge in [-0.15, -0.1) is 11.8 Å². The molecule has 1 aromatic heterocycles. The molecule has 2 saturated heterocycles. The summed E-state index contributed by atoms with van der Waals surface area (Å²) in [5, 5.41) is 3.13. The second-order valence-corrected chi connectivity index (χ2v) is 12.2. The van der Waals surface area contributed by atoms with Gasteiger partial charge in [0, 0.05) is 41.5 Å². The highest BCUT2D eigenvalue weighted by Gasteiger charge is 2.40. The van der Waals surface area contributed by atoms with Crippen molar-refractivity contribution in [2.24, 2.45) is 0 Å². The molecule has 0 spiro atoms. The molecule has 3 aliphatic heterocycles. The number of hydrogen-bond donors (Lipinski definition) is 1. The third-order valence-corrected chi connectivity index (χ3v) is 9.27. The van der Waals surface area contributed by atoms with Crippen LogP contribution in [-0.2, 0) is 22.7 Å². The van der Waals surface area contributed by atoms with Crippen molar-refractivity contribution in [3.63, 3.8) is 0 Å². The van der Waals surface area contributed by atoms with Gasteiger partial charge < -0.3 is 14.5 Å². The van der Waals surface area contributed by atoms with E-state index in [0.29, 0.717) is 27.6 Å². The fourth-order valence-electron chi connectivity index (χ4n) is 5.72. The molecule has 0 saturated carbocycles. The lowest BCUT2D eigenvalue weighted by atomic mass is 10.0. The van der Waals surface area contributed by atoms with Gasteiger partial charge in [0.2, 0.25) is 17.8 Å². The zero-order chi connectivity index (χ0) is 29.4. The van der Waals surface area contributed by atoms with E-state index in [1.54, 1.807) is 36.4 Å². The molecular formula is C31H30F2N4O4S. The fraction of sp³-hybridized carbons (Fsp3) is 0.355. The molecule has 4 heterocycles. The largest absolute Gasteiger partial charge is 0.488 e. The minimum Gasteiger partial charge on any atom is -0.488 e. The molecule has 0 bridgehead atoms. The normalized spacial score (nSPS) is 19.2. The highest BCUT2D eigenvalue weighted by atomic mass is 32.2. The van der Waals surface area contributed by atoms with Gasteiger partial charge in [-0.3, -0.25) is 19.7 Å². The lowest BCUT2D eigenvalue weighted by molar-refractivity contribution is -0.136. The number of thioether (sulfide) groups is 1. The summed E-state index contributed by atoms with van der Waals surface area (Å²) in [5.41, 5.74) is 2.86. The number of nitrogens with zero attached hydrogens (tertiary/aromatic N) is 3. The molecule has 2 fully saturated rings. The third kappa shape index (κ3) is 5.70. The van der Waals surface area contributed by atoms with Gasteiger partial charge in [-0.1, -0.05) is 12.1 Å². The van der Waals surface area contributed by atoms with Gasteiger partial charge in [0.1, 0.15) is 24.2 Å². The van der Waals surface area contributed by atoms with Crippen molar-refractivity contribution in [1.82, 2.24) is 15.2 Å². The number of fused-ring (bicyclic) bond motifs is 1. The van der Waals surface area contributed by atoms with Crippen LogP contribution in [0.5, 0.6) is 5.75 Å². The summed E-state index contributed by atoms with van der Waals surface area (Å²) in [7, 11) is 0. The van der Waals surface area contributed by atoms with E-state index in [-0.39, 0.29) is 54.4 Å². The second-order valence-electron chi connectivity index (χ2n) is 10.8. The smallest absolute Gasteiger partial charge is 0.255 e. The SMILES string of the molecule is Cc1ccc(N2CCC(Sc3ccc(COc4cccc5c4CN([C@@H]4CCC(=O)NC4=O)C5=O)c(F)n3)CC2)c(F)c1. The molecule has 42 heavy (non-hydrogen) atoms. The van der Waals surface area contributed by atoms with Crippen LogP contribution in [-0.4, -0.2) is 52.0 Å². The number of amides is 3. The number of rotatable bonds is 7. The highest BCUT2D eigenvalue weighted by Crippen LogP contribution is 2.35. The van der Waals surface area contributed by atoms with Crippen LogP contribution < -0.4 is 15.0 Å². The summed E-state index contributed by atoms with van der Waals surface area (Å²) in [6, 6.07) is 13.1. The van der Waals surface area contributed by atoms with Crippen LogP contribution >= 0.6 is 11.8 Å². The molecule has 8 nitrogen and oxygen atoms in total. The van der Waals surface area contributed by atoms with Gasteiger partial charge >= 0.3 is 0 Å². The van der Waals surface area contributed by atoms with E-state index in [1.165, 1.54) is 16.7 Å². The van der Waals surface area contributed by atoms with E-state index in [2.05, 4.69) is 15.2 Å². The number of anilines is 1. The van der Waals surface area contributed by atoms with Crippen LogP contribution in [0.2, 0.25) is 0 Å². The standard InChI is InChI=1S/C31H30F2N4O4S/c1-18-5-7-24(23(32)15-18)36-13-11-20(12-14-36)42-28-10-6-19(29(33)35-28)17-41-26-4-2-3-21-22(26)16-37(31(21)40)25-8-9-27(38)34-30(25)39/h2-7,10,15,20,25H,8-9,11-14,16-17H2,1H3,(H,34,38,39)/t25-/m1/s1. The predicted molar refractivity (Wildman–Crippen MR) is 153 cm³/mol. The molecule has 0 unspecified atom stereocenters. The fourth-order valence-corrected chi connectivity index (χ4v) is 6.79. The lowest BCUT2D eigenvalue weighted by Gasteiger charge is -2.33. The first kappa shape index (κ1) is 28.1. The number of hydrogen-bond acceptors (Lipinski definition) is 7. The van der Waals surface area contributed by atoms with Crippen LogP contribution in [0.3, 0.4) is 0 Å². The Kier molecular flexibility index (Phi) is 7.85. The number of pyridine rings is 1. The number of halogens is 2. The molecular weight excluding hydrogens is 562 g/mol. The summed E-state index contributed by atoms with van der Waals surface area (Å²) in [4.78, 5) is 44.6. The van der Waals surface area contributed by atoms with Crippen LogP contribution in [0.1, 0.15) is 52.7 Å². The topological polar surface area (TPSA) is 91.8 Å². The Balaban J connectivity index is 1.06. The van der Waals surface area contributed by atoms with Crippen LogP contribution in [0.4, 0.5) is 14.5 Å². The lowest BCUT2D eigenvalue weighted by Crippen LogP contribution is -2.52. The predicted octanol–water partition coefficient (Wildman–Crippen LogP) is 4.77. The molecule has 11 heteroatoms. The first-order valence-corrected chi connectivity index (χ1v) is 14.9. The van der Waals surface area contributed by atoms with Crippen molar-refractivity contribution in [2.75, 3.05) is 18.0 Å². The van der Waals surface area contributed by atoms with Gasteiger partial charge in [0.25, 0.3) is 5.91 Å². The number of aromatic nitrogens is 1. The number of imide groups is 1. The maximum Gasteiger partial charge on any atom is 0.255 e. The molecule has 3 aliphatic rings. The van der Waals surface area contributed by atoms with E-state index < -0.39 is 17.9 Å². The van der Waals surface area contributed by atoms with Crippen molar-refractivity contribution in [3.8, 4) is 5.75 Å². The van der Waals surface area contributed by atoms with Gasteiger partial charge in [-0.05, 0) is 68.1 Å². The van der Waals surface area contributed by atoms with Crippen LogP contribution in [0.15, 0.2) is 53.6 Å². The molecule has 2 aromatic carbocycles. The number of carbonyl (C=O) groups is 3. The number of piperidine rings is 2. The van der Waals surface area contributed by atoms with Gasteiger partial charge in [-0.2, -0.15) is 4.39 Å². The van der Waals surface area contributed by atoms with Gasteiger partial charge in [0.15, 0.2) is 0 Å². The van der Waals surface area contributed by atoms with Gasteiger partial charge in [0.05, 0.1) is 17.3 Å². The van der Waals surface area contributed by atoms with Gasteiger partial charge in [-0.25, -0.2) is 9.37 Å². The Morgan fingerprint density at radius 2 is 1.86 bits per heavy atom. The molecule has 218 valence electrons. The molecule has 3 amide bonds. The van der Waals surface area contributed by atoms with Crippen molar-refractivity contribution >= 4 is 35.2 Å². The Bertz CT molecular complexity index is 1560. The minimum absolute atomic E-state index is 0.0760. The Hall–Kier alpha value is -3.99. The first-order chi connectivity index (χ1) is 20.3. The molecule has 6 rings (SSSR count). The zero-order valence-corrected chi connectivity index (χ0v) is 23.9. The summed E-state index contributed by atoms with van der Waals surface area (Å²) in [6.45, 7) is 3.40. The van der Waals surface area contributed by atoms with E-state index in [1.807, 2.05) is 19.1 Å². The second kappa shape index (κ2) is 11.7. The van der Waals surface area contributed by atoms with Crippen LogP contribution in [0.25, 0.3) is 0 Å².